The fourth-order valence-corrected chi connectivity index (χ4v) is 9.58. The lowest BCUT2D eigenvalue weighted by atomic mass is 9.66. The summed E-state index contributed by atoms with van der Waals surface area (Å²) in [6.07, 6.45) is -1.75. The number of methoxy groups -OCH3 is 1. The Hall–Kier alpha value is -5.12. The molecule has 0 N–H and O–H groups in total. The Bertz CT molecular complexity index is 2330. The molecule has 2 aromatic carbocycles. The van der Waals surface area contributed by atoms with Crippen molar-refractivity contribution in [2.45, 2.75) is 110 Å². The van der Waals surface area contributed by atoms with Crippen LogP contribution in [0, 0.1) is 33.0 Å². The maximum atomic E-state index is 14.7. The molecule has 0 radical (unpaired) electrons. The molecule has 4 bridgehead atoms. The topological polar surface area (TPSA) is 178 Å². The lowest BCUT2D eigenvalue weighted by molar-refractivity contribution is -0.217. The maximum absolute atomic E-state index is 14.7. The molecular weight excluding hydrogens is 686 g/mol. The first kappa shape index (κ1) is 34.9. The van der Waals surface area contributed by atoms with E-state index in [1.54, 1.807) is 55.4 Å². The van der Waals surface area contributed by atoms with Crippen molar-refractivity contribution in [1.82, 2.24) is 0 Å². The Balaban J connectivity index is 1.34. The van der Waals surface area contributed by atoms with Gasteiger partial charge in [-0.25, -0.2) is 9.59 Å². The van der Waals surface area contributed by atoms with Gasteiger partial charge in [-0.1, -0.05) is 27.7 Å². The smallest absolute Gasteiger partial charge is 0.351 e. The van der Waals surface area contributed by atoms with E-state index in [9.17, 15) is 29.2 Å². The maximum Gasteiger partial charge on any atom is 0.351 e. The minimum atomic E-state index is -1.68. The molecule has 2 saturated carbocycles. The average molecular weight is 728 g/mol. The van der Waals surface area contributed by atoms with Gasteiger partial charge < -0.3 is 32.8 Å². The predicted octanol–water partition coefficient (Wildman–Crippen LogP) is 5.74. The zero-order valence-corrected chi connectivity index (χ0v) is 31.1. The Labute approximate surface area is 304 Å². The van der Waals surface area contributed by atoms with Gasteiger partial charge in [-0.3, -0.25) is 14.4 Å². The van der Waals surface area contributed by atoms with E-state index in [1.165, 1.54) is 31.4 Å². The van der Waals surface area contributed by atoms with Crippen LogP contribution in [0.2, 0.25) is 0 Å². The largest absolute Gasteiger partial charge is 0.496 e. The van der Waals surface area contributed by atoms with E-state index in [1.807, 2.05) is 6.07 Å². The highest BCUT2D eigenvalue weighted by Crippen LogP contribution is 2.68. The van der Waals surface area contributed by atoms with Crippen LogP contribution >= 0.6 is 0 Å². The highest BCUT2D eigenvalue weighted by molar-refractivity contribution is 5.98. The van der Waals surface area contributed by atoms with Crippen molar-refractivity contribution in [2.75, 3.05) is 7.11 Å². The summed E-state index contributed by atoms with van der Waals surface area (Å²) in [4.78, 5) is 69.9. The zero-order valence-electron chi connectivity index (χ0n) is 31.1. The summed E-state index contributed by atoms with van der Waals surface area (Å²) >= 11 is 0. The molecule has 3 aliphatic heterocycles. The number of ether oxygens (including phenoxy) is 6. The molecule has 1 aromatic heterocycles. The van der Waals surface area contributed by atoms with E-state index in [2.05, 4.69) is 0 Å². The van der Waals surface area contributed by atoms with E-state index < -0.39 is 80.0 Å². The molecule has 278 valence electrons. The van der Waals surface area contributed by atoms with Gasteiger partial charge in [0.1, 0.15) is 28.1 Å². The molecule has 2 saturated heterocycles. The van der Waals surface area contributed by atoms with Gasteiger partial charge in [0, 0.05) is 16.9 Å². The van der Waals surface area contributed by atoms with Crippen LogP contribution in [0.5, 0.6) is 11.5 Å². The van der Waals surface area contributed by atoms with E-state index in [0.29, 0.717) is 12.8 Å². The van der Waals surface area contributed by atoms with Crippen LogP contribution in [0.4, 0.5) is 0 Å². The summed E-state index contributed by atoms with van der Waals surface area (Å²) in [5.74, 6) is -2.52. The van der Waals surface area contributed by atoms with Crippen molar-refractivity contribution in [2.24, 2.45) is 21.7 Å². The molecule has 6 atom stereocenters. The standard InChI is InChI=1S/C40H41NO12/c1-34(2)29(50-33(46)40-15-13-38(8,31(44)53-40)36(40,5)6)28(49-32(45)39-14-12-37(7,30(43)52-39)35(39,3)4)25-23(51-34)17-22(47-9)24-26(42)20-11-10-19(18-41)16-21(20)48-27(24)25/h10-11,16-17,28-29H,12-15H2,1-9H3/t28-,29-,37?,38?,39?,40?/m1/s1. The quantitative estimate of drug-likeness (QED) is 0.177. The molecule has 0 spiro atoms. The van der Waals surface area contributed by atoms with Crippen LogP contribution in [0.15, 0.2) is 33.5 Å². The number of fused-ring (bicyclic) bond motifs is 8. The molecule has 4 fully saturated rings. The van der Waals surface area contributed by atoms with Crippen molar-refractivity contribution < 1.29 is 52.0 Å². The molecule has 3 aromatic rings. The third-order valence-corrected chi connectivity index (χ3v) is 14.2. The second-order valence-electron chi connectivity index (χ2n) is 17.2. The highest BCUT2D eigenvalue weighted by atomic mass is 16.7. The van der Waals surface area contributed by atoms with Crippen molar-refractivity contribution in [3.63, 3.8) is 0 Å². The number of carbonyl (C=O) groups is 4. The SMILES string of the molecule is COc1cc2c(c3oc4cc(C#N)ccc4c(=O)c13)[C@@H](OC(=O)C13CCC(C)(C(=O)O1)C3(C)C)[C@@H](OC(=O)C13CCC(C)(C(=O)O1)C3(C)C)C(C)(C)O2. The number of esters is 4. The van der Waals surface area contributed by atoms with Crippen molar-refractivity contribution in [3.05, 3.63) is 45.6 Å². The number of hydrogen-bond acceptors (Lipinski definition) is 13. The molecule has 13 nitrogen and oxygen atoms in total. The first-order chi connectivity index (χ1) is 24.7. The summed E-state index contributed by atoms with van der Waals surface area (Å²) in [6, 6.07) is 7.91. The Morgan fingerprint density at radius 1 is 0.792 bits per heavy atom. The number of carbonyl (C=O) groups excluding carboxylic acids is 4. The number of benzene rings is 2. The molecule has 5 aliphatic rings. The molecular formula is C40H41NO12. The van der Waals surface area contributed by atoms with E-state index >= 15 is 0 Å². The zero-order chi connectivity index (χ0) is 38.5. The minimum absolute atomic E-state index is 0.00636. The summed E-state index contributed by atoms with van der Waals surface area (Å²) in [6.45, 7) is 14.0. The van der Waals surface area contributed by atoms with Crippen molar-refractivity contribution in [1.29, 1.82) is 5.26 Å². The second kappa shape index (κ2) is 10.3. The molecule has 13 heteroatoms. The first-order valence-corrected chi connectivity index (χ1v) is 17.8. The second-order valence-corrected chi connectivity index (χ2v) is 17.2. The molecule has 53 heavy (non-hydrogen) atoms. The van der Waals surface area contributed by atoms with Gasteiger partial charge in [0.2, 0.25) is 16.6 Å². The number of hydrogen-bond donors (Lipinski definition) is 0. The lowest BCUT2D eigenvalue weighted by Crippen LogP contribution is -2.57. The Morgan fingerprint density at radius 3 is 1.85 bits per heavy atom. The average Bonchev–Trinajstić information content (AvgIpc) is 3.56. The van der Waals surface area contributed by atoms with Crippen molar-refractivity contribution in [3.8, 4) is 17.6 Å². The fraction of sp³-hybridized carbons (Fsp3) is 0.550. The van der Waals surface area contributed by atoms with Crippen LogP contribution in [-0.2, 0) is 38.1 Å². The van der Waals surface area contributed by atoms with Crippen LogP contribution in [0.3, 0.4) is 0 Å². The molecule has 8 rings (SSSR count). The van der Waals surface area contributed by atoms with Gasteiger partial charge in [-0.2, -0.15) is 5.26 Å². The third kappa shape index (κ3) is 3.94. The highest BCUT2D eigenvalue weighted by Gasteiger charge is 2.78. The minimum Gasteiger partial charge on any atom is -0.496 e. The van der Waals surface area contributed by atoms with Crippen LogP contribution in [0.25, 0.3) is 21.9 Å². The summed E-state index contributed by atoms with van der Waals surface area (Å²) in [5, 5.41) is 9.79. The van der Waals surface area contributed by atoms with Crippen LogP contribution in [-0.4, -0.2) is 53.9 Å². The third-order valence-electron chi connectivity index (χ3n) is 14.2. The molecule has 4 heterocycles. The Kier molecular flexibility index (Phi) is 6.79. The fourth-order valence-electron chi connectivity index (χ4n) is 9.58. The van der Waals surface area contributed by atoms with Crippen LogP contribution in [0.1, 0.15) is 98.3 Å². The van der Waals surface area contributed by atoms with Crippen LogP contribution < -0.4 is 14.9 Å². The van der Waals surface area contributed by atoms with Gasteiger partial charge in [0.25, 0.3) is 0 Å². The van der Waals surface area contributed by atoms with Gasteiger partial charge in [0.15, 0.2) is 17.8 Å². The normalized spacial score (nSPS) is 33.8. The monoisotopic (exact) mass is 727 g/mol. The first-order valence-electron chi connectivity index (χ1n) is 17.8. The van der Waals surface area contributed by atoms with Gasteiger partial charge >= 0.3 is 23.9 Å². The number of nitrogens with zero attached hydrogens (tertiary/aromatic N) is 1. The Morgan fingerprint density at radius 2 is 1.36 bits per heavy atom. The van der Waals surface area contributed by atoms with Gasteiger partial charge in [-0.15, -0.1) is 0 Å². The number of nitriles is 1. The van der Waals surface area contributed by atoms with Crippen molar-refractivity contribution >= 4 is 45.8 Å². The molecule has 2 aliphatic carbocycles. The predicted molar refractivity (Wildman–Crippen MR) is 185 cm³/mol. The summed E-state index contributed by atoms with van der Waals surface area (Å²) in [5.41, 5.74) is -8.81. The summed E-state index contributed by atoms with van der Waals surface area (Å²) < 4.78 is 43.2. The number of rotatable bonds is 5. The van der Waals surface area contributed by atoms with Gasteiger partial charge in [0.05, 0.1) is 40.5 Å². The molecule has 0 amide bonds. The van der Waals surface area contributed by atoms with E-state index in [4.69, 9.17) is 32.8 Å². The lowest BCUT2D eigenvalue weighted by Gasteiger charge is -2.46. The molecule has 4 unspecified atom stereocenters. The van der Waals surface area contributed by atoms with E-state index in [-0.39, 0.29) is 57.4 Å². The van der Waals surface area contributed by atoms with E-state index in [0.717, 1.165) is 0 Å². The summed E-state index contributed by atoms with van der Waals surface area (Å²) in [7, 11) is 1.38. The van der Waals surface area contributed by atoms with Gasteiger partial charge in [-0.05, 0) is 71.6 Å².